The van der Waals surface area contributed by atoms with Crippen LogP contribution in [-0.4, -0.2) is 12.6 Å². The Kier molecular flexibility index (Phi) is 9.02. The minimum Gasteiger partial charge on any atom is -0.462 e. The monoisotopic (exact) mass is 474 g/mol. The molecule has 0 fully saturated rings. The molecule has 190 valence electrons. The molecule has 0 unspecified atom stereocenters. The number of esters is 1. The summed E-state index contributed by atoms with van der Waals surface area (Å²) < 4.78 is 5.13. The molecule has 2 heteroatoms. The van der Waals surface area contributed by atoms with Crippen LogP contribution < -0.4 is 0 Å². The smallest absolute Gasteiger partial charge is 0.338 e. The Balaban J connectivity index is 1.98. The molecule has 0 heterocycles. The number of carbonyl (C=O) groups is 1. The topological polar surface area (TPSA) is 26.3 Å². The summed E-state index contributed by atoms with van der Waals surface area (Å²) in [6.45, 7) is 16.4. The summed E-state index contributed by atoms with van der Waals surface area (Å²) in [6.07, 6.45) is 12.4. The molecule has 0 amide bonds. The van der Waals surface area contributed by atoms with Crippen molar-refractivity contribution < 1.29 is 9.53 Å². The maximum Gasteiger partial charge on any atom is 0.338 e. The fourth-order valence-electron chi connectivity index (χ4n) is 5.41. The molecule has 0 bridgehead atoms. The van der Waals surface area contributed by atoms with Gasteiger partial charge in [0.1, 0.15) is 0 Å². The van der Waals surface area contributed by atoms with Gasteiger partial charge in [0.25, 0.3) is 0 Å². The van der Waals surface area contributed by atoms with Gasteiger partial charge in [-0.2, -0.15) is 0 Å². The SMILES string of the molecule is CCCCCCCc1cc2c(cc1C(C)=Cc1ccc(C(=O)OCC)cc1)C(C)(C)CCC2(C)C. The van der Waals surface area contributed by atoms with E-state index >= 15 is 0 Å². The average molecular weight is 475 g/mol. The molecule has 0 aromatic heterocycles. The lowest BCUT2D eigenvalue weighted by Crippen LogP contribution is -2.34. The van der Waals surface area contributed by atoms with Gasteiger partial charge in [0.05, 0.1) is 12.2 Å². The summed E-state index contributed by atoms with van der Waals surface area (Å²) >= 11 is 0. The molecular formula is C33H46O2. The number of benzene rings is 2. The van der Waals surface area contributed by atoms with Crippen LogP contribution in [0.4, 0.5) is 0 Å². The molecule has 0 radical (unpaired) electrons. The van der Waals surface area contributed by atoms with Crippen LogP contribution in [0.1, 0.15) is 132 Å². The standard InChI is InChI=1S/C33H46O2/c1-8-10-11-12-13-14-27-22-29-30(33(6,7)20-19-32(29,4)5)23-28(27)24(3)21-25-15-17-26(18-16-25)31(34)35-9-2/h15-18,21-23H,8-14,19-20H2,1-7H3. The Labute approximate surface area is 214 Å². The lowest BCUT2D eigenvalue weighted by atomic mass is 9.62. The Bertz CT molecular complexity index is 1040. The summed E-state index contributed by atoms with van der Waals surface area (Å²) in [6, 6.07) is 12.8. The van der Waals surface area contributed by atoms with Crippen molar-refractivity contribution in [3.05, 3.63) is 69.8 Å². The van der Waals surface area contributed by atoms with Crippen molar-refractivity contribution in [1.29, 1.82) is 0 Å². The van der Waals surface area contributed by atoms with E-state index in [0.29, 0.717) is 12.2 Å². The molecule has 3 rings (SSSR count). The van der Waals surface area contributed by atoms with E-state index in [1.54, 1.807) is 5.56 Å². The lowest BCUT2D eigenvalue weighted by Gasteiger charge is -2.42. The number of rotatable bonds is 10. The van der Waals surface area contributed by atoms with Gasteiger partial charge in [-0.25, -0.2) is 4.79 Å². The number of carbonyl (C=O) groups excluding carboxylic acids is 1. The molecule has 0 N–H and O–H groups in total. The quantitative estimate of drug-likeness (QED) is 0.195. The third kappa shape index (κ3) is 6.66. The zero-order valence-electron chi connectivity index (χ0n) is 23.2. The minimum atomic E-state index is -0.260. The van der Waals surface area contributed by atoms with Gasteiger partial charge < -0.3 is 4.74 Å². The van der Waals surface area contributed by atoms with Crippen LogP contribution in [0.5, 0.6) is 0 Å². The summed E-state index contributed by atoms with van der Waals surface area (Å²) in [5.41, 5.74) is 9.37. The van der Waals surface area contributed by atoms with E-state index in [0.717, 1.165) is 12.0 Å². The maximum atomic E-state index is 12.0. The third-order valence-corrected chi connectivity index (χ3v) is 7.86. The first-order chi connectivity index (χ1) is 16.6. The van der Waals surface area contributed by atoms with E-state index in [-0.39, 0.29) is 16.8 Å². The highest BCUT2D eigenvalue weighted by atomic mass is 16.5. The second-order valence-electron chi connectivity index (χ2n) is 11.7. The molecule has 2 nitrogen and oxygen atoms in total. The first-order valence-corrected chi connectivity index (χ1v) is 13.7. The molecule has 1 aliphatic rings. The predicted molar refractivity (Wildman–Crippen MR) is 150 cm³/mol. The number of aryl methyl sites for hydroxylation is 1. The van der Waals surface area contributed by atoms with Crippen molar-refractivity contribution in [3.8, 4) is 0 Å². The fourth-order valence-corrected chi connectivity index (χ4v) is 5.41. The number of fused-ring (bicyclic) bond motifs is 1. The van der Waals surface area contributed by atoms with Gasteiger partial charge in [0, 0.05) is 0 Å². The summed E-state index contributed by atoms with van der Waals surface area (Å²) in [4.78, 5) is 12.0. The van der Waals surface area contributed by atoms with Crippen molar-refractivity contribution in [1.82, 2.24) is 0 Å². The summed E-state index contributed by atoms with van der Waals surface area (Å²) in [5, 5.41) is 0. The normalized spacial score (nSPS) is 16.6. The first-order valence-electron chi connectivity index (χ1n) is 13.7. The van der Waals surface area contributed by atoms with Gasteiger partial charge >= 0.3 is 5.97 Å². The maximum absolute atomic E-state index is 12.0. The Morgan fingerprint density at radius 2 is 1.49 bits per heavy atom. The molecule has 2 aromatic carbocycles. The van der Waals surface area contributed by atoms with Crippen LogP contribution in [0.2, 0.25) is 0 Å². The van der Waals surface area contributed by atoms with Crippen LogP contribution in [0, 0.1) is 0 Å². The van der Waals surface area contributed by atoms with Crippen LogP contribution in [-0.2, 0) is 22.0 Å². The van der Waals surface area contributed by atoms with Gasteiger partial charge in [-0.3, -0.25) is 0 Å². The van der Waals surface area contributed by atoms with Crippen molar-refractivity contribution in [2.75, 3.05) is 6.61 Å². The second kappa shape index (κ2) is 11.6. The molecule has 0 spiro atoms. The zero-order valence-corrected chi connectivity index (χ0v) is 23.2. The van der Waals surface area contributed by atoms with E-state index in [9.17, 15) is 4.79 Å². The van der Waals surface area contributed by atoms with Crippen LogP contribution in [0.15, 0.2) is 36.4 Å². The van der Waals surface area contributed by atoms with Gasteiger partial charge in [-0.1, -0.05) is 90.6 Å². The second-order valence-corrected chi connectivity index (χ2v) is 11.7. The molecule has 0 atom stereocenters. The molecule has 0 saturated carbocycles. The number of hydrogen-bond acceptors (Lipinski definition) is 2. The first kappa shape index (κ1) is 27.2. The number of ether oxygens (including phenoxy) is 1. The Hall–Kier alpha value is -2.35. The highest BCUT2D eigenvalue weighted by Gasteiger charge is 2.37. The van der Waals surface area contributed by atoms with E-state index in [1.165, 1.54) is 67.2 Å². The van der Waals surface area contributed by atoms with Crippen LogP contribution in [0.3, 0.4) is 0 Å². The van der Waals surface area contributed by atoms with Crippen molar-refractivity contribution in [3.63, 3.8) is 0 Å². The van der Waals surface area contributed by atoms with Gasteiger partial charge in [-0.05, 0) is 95.9 Å². The van der Waals surface area contributed by atoms with Crippen molar-refractivity contribution in [2.45, 2.75) is 111 Å². The Morgan fingerprint density at radius 1 is 0.886 bits per heavy atom. The van der Waals surface area contributed by atoms with Gasteiger partial charge in [0.15, 0.2) is 0 Å². The van der Waals surface area contributed by atoms with Crippen LogP contribution in [0.25, 0.3) is 11.6 Å². The molecule has 0 saturated heterocycles. The van der Waals surface area contributed by atoms with E-state index in [1.807, 2.05) is 31.2 Å². The summed E-state index contributed by atoms with van der Waals surface area (Å²) in [7, 11) is 0. The fraction of sp³-hybridized carbons (Fsp3) is 0.545. The molecule has 2 aromatic rings. The Morgan fingerprint density at radius 3 is 2.09 bits per heavy atom. The van der Waals surface area contributed by atoms with Crippen LogP contribution >= 0.6 is 0 Å². The third-order valence-electron chi connectivity index (χ3n) is 7.86. The molecule has 35 heavy (non-hydrogen) atoms. The zero-order chi connectivity index (χ0) is 25.6. The highest BCUT2D eigenvalue weighted by Crippen LogP contribution is 2.47. The number of unbranched alkanes of at least 4 members (excludes halogenated alkanes) is 4. The van der Waals surface area contributed by atoms with Crippen molar-refractivity contribution >= 4 is 17.6 Å². The predicted octanol–water partition coefficient (Wildman–Crippen LogP) is 9.29. The molecule has 0 aliphatic heterocycles. The average Bonchev–Trinajstić information content (AvgIpc) is 2.82. The molecular weight excluding hydrogens is 428 g/mol. The van der Waals surface area contributed by atoms with E-state index in [4.69, 9.17) is 4.74 Å². The van der Waals surface area contributed by atoms with Crippen molar-refractivity contribution in [2.24, 2.45) is 0 Å². The van der Waals surface area contributed by atoms with E-state index in [2.05, 4.69) is 59.8 Å². The highest BCUT2D eigenvalue weighted by molar-refractivity contribution is 5.90. The summed E-state index contributed by atoms with van der Waals surface area (Å²) in [5.74, 6) is -0.260. The lowest BCUT2D eigenvalue weighted by molar-refractivity contribution is 0.0526. The largest absolute Gasteiger partial charge is 0.462 e. The minimum absolute atomic E-state index is 0.195. The van der Waals surface area contributed by atoms with E-state index < -0.39 is 0 Å². The van der Waals surface area contributed by atoms with Gasteiger partial charge in [0.2, 0.25) is 0 Å². The number of hydrogen-bond donors (Lipinski definition) is 0. The molecule has 1 aliphatic carbocycles. The number of allylic oxidation sites excluding steroid dienone is 1. The van der Waals surface area contributed by atoms with Gasteiger partial charge in [-0.15, -0.1) is 0 Å².